The summed E-state index contributed by atoms with van der Waals surface area (Å²) in [5.74, 6) is -1.91. The summed E-state index contributed by atoms with van der Waals surface area (Å²) in [6, 6.07) is 12.2. The first-order valence-electron chi connectivity index (χ1n) is 7.95. The van der Waals surface area contributed by atoms with Gasteiger partial charge in [0.05, 0.1) is 11.1 Å². The van der Waals surface area contributed by atoms with E-state index in [0.717, 1.165) is 16.7 Å². The number of hydrogen-bond acceptors (Lipinski definition) is 2. The molecule has 0 aromatic heterocycles. The highest BCUT2D eigenvalue weighted by Gasteiger charge is 2.46. The van der Waals surface area contributed by atoms with E-state index in [2.05, 4.69) is 20.8 Å². The first-order chi connectivity index (χ1) is 11.2. The lowest BCUT2D eigenvalue weighted by Crippen LogP contribution is -2.23. The number of fused-ring (bicyclic) bond motifs is 1. The standard InChI is InChI=1S/C20H20O4/c1-11-16(12-6-4-7-13(10-12)18(21)22)17-14(19(23)24)8-5-9-15(17)20(11,2)3/h4-11,16H,1-3H3,(H,21,22)(H,23,24). The summed E-state index contributed by atoms with van der Waals surface area (Å²) in [6.45, 7) is 6.33. The summed E-state index contributed by atoms with van der Waals surface area (Å²) in [6.07, 6.45) is 0. The Kier molecular flexibility index (Phi) is 3.71. The zero-order chi connectivity index (χ0) is 17.6. The number of carboxylic acids is 2. The molecule has 2 unspecified atom stereocenters. The van der Waals surface area contributed by atoms with E-state index in [9.17, 15) is 19.8 Å². The highest BCUT2D eigenvalue weighted by atomic mass is 16.4. The van der Waals surface area contributed by atoms with Gasteiger partial charge in [-0.3, -0.25) is 0 Å². The van der Waals surface area contributed by atoms with Gasteiger partial charge in [-0.2, -0.15) is 0 Å². The van der Waals surface area contributed by atoms with Gasteiger partial charge in [-0.15, -0.1) is 0 Å². The molecule has 4 heteroatoms. The third-order valence-corrected chi connectivity index (χ3v) is 5.47. The van der Waals surface area contributed by atoms with Crippen molar-refractivity contribution >= 4 is 11.9 Å². The maximum atomic E-state index is 11.7. The van der Waals surface area contributed by atoms with Gasteiger partial charge in [0.2, 0.25) is 0 Å². The van der Waals surface area contributed by atoms with E-state index < -0.39 is 11.9 Å². The molecule has 0 heterocycles. The molecule has 2 aromatic carbocycles. The molecular weight excluding hydrogens is 304 g/mol. The van der Waals surface area contributed by atoms with Crippen LogP contribution in [0.3, 0.4) is 0 Å². The van der Waals surface area contributed by atoms with Gasteiger partial charge in [0.25, 0.3) is 0 Å². The van der Waals surface area contributed by atoms with Crippen molar-refractivity contribution in [3.05, 3.63) is 70.3 Å². The maximum absolute atomic E-state index is 11.7. The lowest BCUT2D eigenvalue weighted by molar-refractivity contribution is 0.0684. The van der Waals surface area contributed by atoms with Crippen LogP contribution >= 0.6 is 0 Å². The van der Waals surface area contributed by atoms with Crippen LogP contribution in [0, 0.1) is 5.92 Å². The Hall–Kier alpha value is -2.62. The van der Waals surface area contributed by atoms with Gasteiger partial charge >= 0.3 is 11.9 Å². The second kappa shape index (κ2) is 5.48. The molecule has 2 atom stereocenters. The summed E-state index contributed by atoms with van der Waals surface area (Å²) in [5, 5.41) is 18.9. The van der Waals surface area contributed by atoms with Gasteiger partial charge in [-0.05, 0) is 46.2 Å². The number of carbonyl (C=O) groups is 2. The minimum absolute atomic E-state index is 0.137. The van der Waals surface area contributed by atoms with E-state index in [1.165, 1.54) is 0 Å². The minimum Gasteiger partial charge on any atom is -0.478 e. The molecule has 3 rings (SSSR count). The lowest BCUT2D eigenvalue weighted by Gasteiger charge is -2.28. The van der Waals surface area contributed by atoms with Crippen molar-refractivity contribution in [1.82, 2.24) is 0 Å². The van der Waals surface area contributed by atoms with Crippen molar-refractivity contribution in [2.45, 2.75) is 32.1 Å². The van der Waals surface area contributed by atoms with E-state index in [1.807, 2.05) is 12.1 Å². The van der Waals surface area contributed by atoms with E-state index in [4.69, 9.17) is 0 Å². The van der Waals surface area contributed by atoms with Gasteiger partial charge in [0, 0.05) is 5.92 Å². The third kappa shape index (κ3) is 2.30. The number of carboxylic acid groups (broad SMARTS) is 2. The zero-order valence-corrected chi connectivity index (χ0v) is 13.9. The van der Waals surface area contributed by atoms with Crippen LogP contribution in [-0.2, 0) is 5.41 Å². The molecule has 0 spiro atoms. The fourth-order valence-corrected chi connectivity index (χ4v) is 3.88. The molecule has 0 fully saturated rings. The monoisotopic (exact) mass is 324 g/mol. The first-order valence-corrected chi connectivity index (χ1v) is 7.95. The molecule has 1 aliphatic rings. The van der Waals surface area contributed by atoms with Crippen molar-refractivity contribution in [3.8, 4) is 0 Å². The summed E-state index contributed by atoms with van der Waals surface area (Å²) in [7, 11) is 0. The first kappa shape index (κ1) is 16.2. The zero-order valence-electron chi connectivity index (χ0n) is 13.9. The van der Waals surface area contributed by atoms with E-state index in [0.29, 0.717) is 5.56 Å². The Morgan fingerprint density at radius 3 is 2.29 bits per heavy atom. The van der Waals surface area contributed by atoms with Crippen LogP contribution in [0.4, 0.5) is 0 Å². The fourth-order valence-electron chi connectivity index (χ4n) is 3.88. The van der Waals surface area contributed by atoms with Gasteiger partial charge in [0.15, 0.2) is 0 Å². The fraction of sp³-hybridized carbons (Fsp3) is 0.300. The number of aromatic carboxylic acids is 2. The Labute approximate surface area is 140 Å². The summed E-state index contributed by atoms with van der Waals surface area (Å²) in [4.78, 5) is 23.0. The Bertz CT molecular complexity index is 835. The quantitative estimate of drug-likeness (QED) is 0.889. The second-order valence-electron chi connectivity index (χ2n) is 6.99. The molecule has 0 bridgehead atoms. The highest BCUT2D eigenvalue weighted by Crippen LogP contribution is 2.53. The molecule has 0 saturated heterocycles. The van der Waals surface area contributed by atoms with Crippen LogP contribution in [0.1, 0.15) is 64.1 Å². The molecule has 2 aromatic rings. The van der Waals surface area contributed by atoms with Crippen molar-refractivity contribution in [2.24, 2.45) is 5.92 Å². The van der Waals surface area contributed by atoms with Crippen molar-refractivity contribution in [2.75, 3.05) is 0 Å². The van der Waals surface area contributed by atoms with Crippen LogP contribution in [0.15, 0.2) is 42.5 Å². The average molecular weight is 324 g/mol. The Morgan fingerprint density at radius 2 is 1.67 bits per heavy atom. The Morgan fingerprint density at radius 1 is 1.00 bits per heavy atom. The van der Waals surface area contributed by atoms with Gasteiger partial charge < -0.3 is 10.2 Å². The SMILES string of the molecule is CC1C(c2cccc(C(=O)O)c2)c2c(C(=O)O)cccc2C1(C)C. The van der Waals surface area contributed by atoms with E-state index in [-0.39, 0.29) is 22.8 Å². The molecular formula is C20H20O4. The van der Waals surface area contributed by atoms with Crippen LogP contribution in [0.5, 0.6) is 0 Å². The third-order valence-electron chi connectivity index (χ3n) is 5.47. The van der Waals surface area contributed by atoms with Gasteiger partial charge in [-0.25, -0.2) is 9.59 Å². The molecule has 0 aliphatic heterocycles. The van der Waals surface area contributed by atoms with Gasteiger partial charge in [0.1, 0.15) is 0 Å². The molecule has 0 amide bonds. The van der Waals surface area contributed by atoms with Gasteiger partial charge in [-0.1, -0.05) is 45.0 Å². The summed E-state index contributed by atoms with van der Waals surface area (Å²) < 4.78 is 0. The van der Waals surface area contributed by atoms with Crippen LogP contribution in [-0.4, -0.2) is 22.2 Å². The topological polar surface area (TPSA) is 74.6 Å². The van der Waals surface area contributed by atoms with Crippen molar-refractivity contribution in [1.29, 1.82) is 0 Å². The van der Waals surface area contributed by atoms with Crippen LogP contribution < -0.4 is 0 Å². The maximum Gasteiger partial charge on any atom is 0.335 e. The predicted molar refractivity (Wildman–Crippen MR) is 90.8 cm³/mol. The smallest absolute Gasteiger partial charge is 0.335 e. The Balaban J connectivity index is 2.26. The van der Waals surface area contributed by atoms with E-state index >= 15 is 0 Å². The molecule has 0 radical (unpaired) electrons. The number of benzene rings is 2. The lowest BCUT2D eigenvalue weighted by atomic mass is 9.75. The van der Waals surface area contributed by atoms with E-state index in [1.54, 1.807) is 30.3 Å². The molecule has 0 saturated carbocycles. The molecule has 2 N–H and O–H groups in total. The molecule has 24 heavy (non-hydrogen) atoms. The number of rotatable bonds is 3. The minimum atomic E-state index is -0.978. The molecule has 124 valence electrons. The van der Waals surface area contributed by atoms with Crippen LogP contribution in [0.25, 0.3) is 0 Å². The normalized spacial score (nSPS) is 21.3. The highest BCUT2D eigenvalue weighted by molar-refractivity contribution is 5.91. The van der Waals surface area contributed by atoms with Crippen LogP contribution in [0.2, 0.25) is 0 Å². The average Bonchev–Trinajstić information content (AvgIpc) is 2.74. The summed E-state index contributed by atoms with van der Waals surface area (Å²) in [5.41, 5.74) is 3.02. The van der Waals surface area contributed by atoms with Crippen molar-refractivity contribution in [3.63, 3.8) is 0 Å². The molecule has 1 aliphatic carbocycles. The number of hydrogen-bond donors (Lipinski definition) is 2. The van der Waals surface area contributed by atoms with Crippen molar-refractivity contribution < 1.29 is 19.8 Å². The predicted octanol–water partition coefficient (Wildman–Crippen LogP) is 4.14. The molecule has 4 nitrogen and oxygen atoms in total. The largest absolute Gasteiger partial charge is 0.478 e. The summed E-state index contributed by atoms with van der Waals surface area (Å²) >= 11 is 0. The second-order valence-corrected chi connectivity index (χ2v) is 6.99.